The summed E-state index contributed by atoms with van der Waals surface area (Å²) in [4.78, 5) is 24.2. The van der Waals surface area contributed by atoms with Crippen LogP contribution in [0.3, 0.4) is 0 Å². The first-order valence-corrected chi connectivity index (χ1v) is 5.39. The number of carbonyl (C=O) groups excluding carboxylic acids is 1. The predicted molar refractivity (Wildman–Crippen MR) is 58.1 cm³/mol. The Morgan fingerprint density at radius 1 is 1.35 bits per heavy atom. The lowest BCUT2D eigenvalue weighted by atomic mass is 10.1. The molecule has 1 atom stereocenters. The number of aliphatic carboxylic acids is 1. The van der Waals surface area contributed by atoms with Crippen LogP contribution in [0, 0.1) is 5.82 Å². The second-order valence-corrected chi connectivity index (χ2v) is 3.97. The highest BCUT2D eigenvalue weighted by Crippen LogP contribution is 2.21. The van der Waals surface area contributed by atoms with E-state index in [-0.39, 0.29) is 5.56 Å². The van der Waals surface area contributed by atoms with Crippen molar-refractivity contribution in [3.8, 4) is 0 Å². The molecule has 0 radical (unpaired) electrons. The quantitative estimate of drug-likeness (QED) is 0.848. The van der Waals surface area contributed by atoms with Gasteiger partial charge < -0.3 is 10.0 Å². The maximum atomic E-state index is 13.4. The summed E-state index contributed by atoms with van der Waals surface area (Å²) in [5.41, 5.74) is -0.0688. The summed E-state index contributed by atoms with van der Waals surface area (Å²) in [6.07, 6.45) is 1.06. The maximum absolute atomic E-state index is 13.4. The van der Waals surface area contributed by atoms with Gasteiger partial charge in [0, 0.05) is 6.54 Å². The minimum atomic E-state index is -1.04. The molecule has 0 spiro atoms. The molecule has 1 amide bonds. The van der Waals surface area contributed by atoms with Gasteiger partial charge in [0.1, 0.15) is 11.9 Å². The molecule has 2 rings (SSSR count). The number of nitrogens with zero attached hydrogens (tertiary/aromatic N) is 1. The zero-order valence-electron chi connectivity index (χ0n) is 9.10. The summed E-state index contributed by atoms with van der Waals surface area (Å²) in [5.74, 6) is -2.20. The average Bonchev–Trinajstić information content (AvgIpc) is 2.77. The standard InChI is InChI=1S/C12H12FNO3/c13-9-5-2-1-4-8(9)11(15)14-7-3-6-10(14)12(16)17/h1-2,4-5,10H,3,6-7H2,(H,16,17)/t10-/m1/s1. The Hall–Kier alpha value is -1.91. The summed E-state index contributed by atoms with van der Waals surface area (Å²) in [5, 5.41) is 8.96. The van der Waals surface area contributed by atoms with Crippen LogP contribution in [0.4, 0.5) is 4.39 Å². The fourth-order valence-electron chi connectivity index (χ4n) is 2.06. The van der Waals surface area contributed by atoms with Crippen molar-refractivity contribution in [1.29, 1.82) is 0 Å². The van der Waals surface area contributed by atoms with Gasteiger partial charge in [-0.3, -0.25) is 4.79 Å². The van der Waals surface area contributed by atoms with Crippen LogP contribution in [0.1, 0.15) is 23.2 Å². The number of carbonyl (C=O) groups is 2. The summed E-state index contributed by atoms with van der Waals surface area (Å²) in [7, 11) is 0. The van der Waals surface area contributed by atoms with E-state index < -0.39 is 23.7 Å². The van der Waals surface area contributed by atoms with E-state index in [4.69, 9.17) is 5.11 Å². The Labute approximate surface area is 97.7 Å². The number of carboxylic acid groups (broad SMARTS) is 1. The van der Waals surface area contributed by atoms with Crippen LogP contribution in [0.5, 0.6) is 0 Å². The van der Waals surface area contributed by atoms with Gasteiger partial charge in [-0.15, -0.1) is 0 Å². The number of halogens is 1. The van der Waals surface area contributed by atoms with Gasteiger partial charge >= 0.3 is 5.97 Å². The van der Waals surface area contributed by atoms with E-state index in [0.717, 1.165) is 0 Å². The zero-order chi connectivity index (χ0) is 12.4. The number of carboxylic acids is 1. The molecule has 1 heterocycles. The molecule has 17 heavy (non-hydrogen) atoms. The van der Waals surface area contributed by atoms with Gasteiger partial charge in [-0.05, 0) is 25.0 Å². The molecule has 1 aliphatic heterocycles. The number of hydrogen-bond acceptors (Lipinski definition) is 2. The van der Waals surface area contributed by atoms with Crippen molar-refractivity contribution in [1.82, 2.24) is 4.90 Å². The van der Waals surface area contributed by atoms with Gasteiger partial charge in [-0.1, -0.05) is 12.1 Å². The third-order valence-electron chi connectivity index (χ3n) is 2.90. The molecule has 0 aromatic heterocycles. The summed E-state index contributed by atoms with van der Waals surface area (Å²) in [6, 6.07) is 4.78. The van der Waals surface area contributed by atoms with Crippen LogP contribution in [0.15, 0.2) is 24.3 Å². The zero-order valence-corrected chi connectivity index (χ0v) is 9.10. The van der Waals surface area contributed by atoms with E-state index >= 15 is 0 Å². The predicted octanol–water partition coefficient (Wildman–Crippen LogP) is 1.51. The summed E-state index contributed by atoms with van der Waals surface area (Å²) in [6.45, 7) is 0.365. The lowest BCUT2D eigenvalue weighted by Gasteiger charge is -2.21. The molecule has 1 aliphatic rings. The monoisotopic (exact) mass is 237 g/mol. The lowest BCUT2D eigenvalue weighted by Crippen LogP contribution is -2.40. The SMILES string of the molecule is O=C(O)[C@H]1CCCN1C(=O)c1ccccc1F. The average molecular weight is 237 g/mol. The third kappa shape index (κ3) is 2.13. The van der Waals surface area contributed by atoms with Crippen molar-refractivity contribution >= 4 is 11.9 Å². The van der Waals surface area contributed by atoms with Crippen LogP contribution < -0.4 is 0 Å². The van der Waals surface area contributed by atoms with E-state index in [1.165, 1.54) is 23.1 Å². The lowest BCUT2D eigenvalue weighted by molar-refractivity contribution is -0.141. The van der Waals surface area contributed by atoms with Gasteiger partial charge in [0.15, 0.2) is 0 Å². The first-order chi connectivity index (χ1) is 8.11. The highest BCUT2D eigenvalue weighted by molar-refractivity contribution is 5.97. The van der Waals surface area contributed by atoms with Gasteiger partial charge in [0.2, 0.25) is 0 Å². The Kier molecular flexibility index (Phi) is 3.08. The van der Waals surface area contributed by atoms with Gasteiger partial charge in [-0.25, -0.2) is 9.18 Å². The number of rotatable bonds is 2. The Balaban J connectivity index is 2.26. The molecule has 90 valence electrons. The summed E-state index contributed by atoms with van der Waals surface area (Å²) >= 11 is 0. The van der Waals surface area contributed by atoms with E-state index in [1.807, 2.05) is 0 Å². The van der Waals surface area contributed by atoms with Crippen LogP contribution in [0.25, 0.3) is 0 Å². The Bertz CT molecular complexity index is 461. The molecule has 1 fully saturated rings. The van der Waals surface area contributed by atoms with Gasteiger partial charge in [0.25, 0.3) is 5.91 Å². The molecule has 0 aliphatic carbocycles. The number of hydrogen-bond donors (Lipinski definition) is 1. The number of likely N-dealkylation sites (tertiary alicyclic amines) is 1. The topological polar surface area (TPSA) is 57.6 Å². The minimum absolute atomic E-state index is 0.0688. The number of benzene rings is 1. The third-order valence-corrected chi connectivity index (χ3v) is 2.90. The Morgan fingerprint density at radius 2 is 2.06 bits per heavy atom. The fourth-order valence-corrected chi connectivity index (χ4v) is 2.06. The molecule has 1 aromatic rings. The van der Waals surface area contributed by atoms with Gasteiger partial charge in [0.05, 0.1) is 5.56 Å². The smallest absolute Gasteiger partial charge is 0.326 e. The molecule has 1 aromatic carbocycles. The van der Waals surface area contributed by atoms with E-state index in [2.05, 4.69) is 0 Å². The molecular weight excluding hydrogens is 225 g/mol. The van der Waals surface area contributed by atoms with Crippen molar-refractivity contribution in [3.05, 3.63) is 35.6 Å². The molecule has 0 unspecified atom stereocenters. The largest absolute Gasteiger partial charge is 0.480 e. The van der Waals surface area contributed by atoms with E-state index in [9.17, 15) is 14.0 Å². The van der Waals surface area contributed by atoms with Crippen LogP contribution in [0.2, 0.25) is 0 Å². The van der Waals surface area contributed by atoms with Crippen molar-refractivity contribution in [2.75, 3.05) is 6.54 Å². The number of amides is 1. The second kappa shape index (κ2) is 4.53. The second-order valence-electron chi connectivity index (χ2n) is 3.97. The van der Waals surface area contributed by atoms with E-state index in [0.29, 0.717) is 19.4 Å². The molecule has 5 heteroatoms. The summed E-state index contributed by atoms with van der Waals surface area (Å²) < 4.78 is 13.4. The fraction of sp³-hybridized carbons (Fsp3) is 0.333. The minimum Gasteiger partial charge on any atom is -0.480 e. The maximum Gasteiger partial charge on any atom is 0.326 e. The van der Waals surface area contributed by atoms with Crippen molar-refractivity contribution < 1.29 is 19.1 Å². The normalized spacial score (nSPS) is 19.4. The molecule has 4 nitrogen and oxygen atoms in total. The molecule has 1 saturated heterocycles. The van der Waals surface area contributed by atoms with Gasteiger partial charge in [-0.2, -0.15) is 0 Å². The highest BCUT2D eigenvalue weighted by Gasteiger charge is 2.35. The molecule has 1 N–H and O–H groups in total. The first kappa shape index (κ1) is 11.6. The van der Waals surface area contributed by atoms with Crippen LogP contribution >= 0.6 is 0 Å². The first-order valence-electron chi connectivity index (χ1n) is 5.39. The molecule has 0 bridgehead atoms. The van der Waals surface area contributed by atoms with Crippen molar-refractivity contribution in [3.63, 3.8) is 0 Å². The molecule has 0 saturated carbocycles. The highest BCUT2D eigenvalue weighted by atomic mass is 19.1. The van der Waals surface area contributed by atoms with Crippen molar-refractivity contribution in [2.45, 2.75) is 18.9 Å². The van der Waals surface area contributed by atoms with Crippen molar-refractivity contribution in [2.24, 2.45) is 0 Å². The van der Waals surface area contributed by atoms with Crippen LogP contribution in [-0.4, -0.2) is 34.5 Å². The van der Waals surface area contributed by atoms with E-state index in [1.54, 1.807) is 6.07 Å². The molecular formula is C12H12FNO3. The van der Waals surface area contributed by atoms with Crippen LogP contribution in [-0.2, 0) is 4.79 Å². The Morgan fingerprint density at radius 3 is 2.71 bits per heavy atom.